The van der Waals surface area contributed by atoms with Gasteiger partial charge in [0.1, 0.15) is 5.75 Å². The lowest BCUT2D eigenvalue weighted by Gasteiger charge is -2.38. The standard InChI is InChI=1S/C17H26N2O2/c1-3-6-21-16-9-13(10-18-11-16)17(20)12-7-14-4-5-15(8-12)19(14)2/h9-12,14-15,17,20H,3-8H2,1-2H3. The molecule has 0 aliphatic carbocycles. The second-order valence-electron chi connectivity index (χ2n) is 6.53. The number of fused-ring (bicyclic) bond motifs is 2. The van der Waals surface area contributed by atoms with Crippen LogP contribution in [0.4, 0.5) is 0 Å². The van der Waals surface area contributed by atoms with Crippen LogP contribution in [0.5, 0.6) is 5.75 Å². The van der Waals surface area contributed by atoms with Crippen molar-refractivity contribution in [3.8, 4) is 5.75 Å². The summed E-state index contributed by atoms with van der Waals surface area (Å²) in [5.74, 6) is 1.12. The van der Waals surface area contributed by atoms with Crippen LogP contribution in [0.1, 0.15) is 50.7 Å². The molecule has 1 aromatic rings. The van der Waals surface area contributed by atoms with Gasteiger partial charge < -0.3 is 14.7 Å². The summed E-state index contributed by atoms with van der Waals surface area (Å²) in [6, 6.07) is 3.25. The van der Waals surface area contributed by atoms with Crippen LogP contribution in [0.3, 0.4) is 0 Å². The van der Waals surface area contributed by atoms with E-state index in [4.69, 9.17) is 4.74 Å². The molecule has 1 N–H and O–H groups in total. The van der Waals surface area contributed by atoms with Crippen molar-refractivity contribution in [1.82, 2.24) is 9.88 Å². The minimum atomic E-state index is -0.417. The summed E-state index contributed by atoms with van der Waals surface area (Å²) in [5, 5.41) is 10.7. The third kappa shape index (κ3) is 3.06. The molecular weight excluding hydrogens is 264 g/mol. The topological polar surface area (TPSA) is 45.6 Å². The number of rotatable bonds is 5. The largest absolute Gasteiger partial charge is 0.492 e. The average Bonchev–Trinajstić information content (AvgIpc) is 2.74. The van der Waals surface area contributed by atoms with Gasteiger partial charge in [-0.1, -0.05) is 6.92 Å². The van der Waals surface area contributed by atoms with Gasteiger partial charge in [0.2, 0.25) is 0 Å². The smallest absolute Gasteiger partial charge is 0.137 e. The highest BCUT2D eigenvalue weighted by molar-refractivity contribution is 5.26. The molecule has 1 aromatic heterocycles. The van der Waals surface area contributed by atoms with Gasteiger partial charge in [-0.25, -0.2) is 0 Å². The summed E-state index contributed by atoms with van der Waals surface area (Å²) in [4.78, 5) is 6.73. The molecule has 0 saturated carbocycles. The van der Waals surface area contributed by atoms with Gasteiger partial charge >= 0.3 is 0 Å². The van der Waals surface area contributed by atoms with Gasteiger partial charge in [0.05, 0.1) is 18.9 Å². The van der Waals surface area contributed by atoms with Crippen LogP contribution in [-0.4, -0.2) is 40.7 Å². The summed E-state index contributed by atoms with van der Waals surface area (Å²) in [5.41, 5.74) is 0.901. The van der Waals surface area contributed by atoms with Crippen LogP contribution in [0.2, 0.25) is 0 Å². The number of aliphatic hydroxyl groups excluding tert-OH is 1. The summed E-state index contributed by atoms with van der Waals surface area (Å²) in [6.45, 7) is 2.78. The molecule has 116 valence electrons. The molecule has 2 bridgehead atoms. The van der Waals surface area contributed by atoms with Crippen LogP contribution in [0.25, 0.3) is 0 Å². The lowest BCUT2D eigenvalue weighted by atomic mass is 9.84. The van der Waals surface area contributed by atoms with Crippen LogP contribution >= 0.6 is 0 Å². The van der Waals surface area contributed by atoms with Gasteiger partial charge in [-0.15, -0.1) is 0 Å². The van der Waals surface area contributed by atoms with Crippen LogP contribution in [-0.2, 0) is 0 Å². The summed E-state index contributed by atoms with van der Waals surface area (Å²) >= 11 is 0. The zero-order chi connectivity index (χ0) is 14.8. The average molecular weight is 290 g/mol. The van der Waals surface area contributed by atoms with Gasteiger partial charge in [0.25, 0.3) is 0 Å². The molecule has 0 radical (unpaired) electrons. The van der Waals surface area contributed by atoms with E-state index in [1.165, 1.54) is 12.8 Å². The fourth-order valence-corrected chi connectivity index (χ4v) is 3.88. The number of nitrogens with zero attached hydrogens (tertiary/aromatic N) is 2. The van der Waals surface area contributed by atoms with E-state index in [-0.39, 0.29) is 0 Å². The lowest BCUT2D eigenvalue weighted by molar-refractivity contribution is 0.0353. The van der Waals surface area contributed by atoms with Gasteiger partial charge in [-0.05, 0) is 51.1 Å². The Morgan fingerprint density at radius 1 is 1.33 bits per heavy atom. The molecule has 0 aromatic carbocycles. The molecule has 4 nitrogen and oxygen atoms in total. The Balaban J connectivity index is 1.69. The molecule has 0 spiro atoms. The third-order valence-corrected chi connectivity index (χ3v) is 5.13. The second-order valence-corrected chi connectivity index (χ2v) is 6.53. The zero-order valence-corrected chi connectivity index (χ0v) is 13.0. The number of aromatic nitrogens is 1. The van der Waals surface area contributed by atoms with E-state index in [2.05, 4.69) is 23.9 Å². The summed E-state index contributed by atoms with van der Waals surface area (Å²) in [7, 11) is 2.23. The van der Waals surface area contributed by atoms with E-state index in [9.17, 15) is 5.11 Å². The van der Waals surface area contributed by atoms with E-state index in [0.717, 1.165) is 30.6 Å². The van der Waals surface area contributed by atoms with Crippen molar-refractivity contribution in [2.45, 2.75) is 57.2 Å². The maximum atomic E-state index is 10.7. The summed E-state index contributed by atoms with van der Waals surface area (Å²) in [6.07, 6.45) is 8.81. The zero-order valence-electron chi connectivity index (χ0n) is 13.0. The van der Waals surface area contributed by atoms with E-state index >= 15 is 0 Å². The van der Waals surface area contributed by atoms with Crippen LogP contribution in [0, 0.1) is 5.92 Å². The van der Waals surface area contributed by atoms with Crippen molar-refractivity contribution in [1.29, 1.82) is 0 Å². The summed E-state index contributed by atoms with van der Waals surface area (Å²) < 4.78 is 5.62. The first kappa shape index (κ1) is 14.8. The Kier molecular flexibility index (Phi) is 4.45. The highest BCUT2D eigenvalue weighted by atomic mass is 16.5. The fourth-order valence-electron chi connectivity index (χ4n) is 3.88. The highest BCUT2D eigenvalue weighted by Crippen LogP contribution is 2.42. The van der Waals surface area contributed by atoms with Crippen LogP contribution < -0.4 is 4.74 Å². The van der Waals surface area contributed by atoms with Gasteiger partial charge in [-0.2, -0.15) is 0 Å². The van der Waals surface area contributed by atoms with Gasteiger partial charge in [0.15, 0.2) is 0 Å². The number of hydrogen-bond donors (Lipinski definition) is 1. The Bertz CT molecular complexity index is 466. The van der Waals surface area contributed by atoms with E-state index in [1.54, 1.807) is 12.4 Å². The van der Waals surface area contributed by atoms with E-state index in [0.29, 0.717) is 24.6 Å². The molecule has 21 heavy (non-hydrogen) atoms. The molecular formula is C17H26N2O2. The molecule has 3 heterocycles. The third-order valence-electron chi connectivity index (χ3n) is 5.13. The molecule has 3 rings (SSSR count). The second kappa shape index (κ2) is 6.32. The molecule has 4 heteroatoms. The minimum absolute atomic E-state index is 0.349. The minimum Gasteiger partial charge on any atom is -0.492 e. The van der Waals surface area contributed by atoms with Gasteiger partial charge in [-0.3, -0.25) is 4.98 Å². The number of pyridine rings is 1. The molecule has 3 atom stereocenters. The molecule has 3 unspecified atom stereocenters. The fraction of sp³-hybridized carbons (Fsp3) is 0.706. The lowest BCUT2D eigenvalue weighted by Crippen LogP contribution is -2.41. The van der Waals surface area contributed by atoms with Crippen molar-refractivity contribution in [2.75, 3.05) is 13.7 Å². The van der Waals surface area contributed by atoms with Crippen molar-refractivity contribution < 1.29 is 9.84 Å². The molecule has 0 amide bonds. The Hall–Kier alpha value is -1.13. The van der Waals surface area contributed by atoms with Crippen molar-refractivity contribution in [3.63, 3.8) is 0 Å². The maximum Gasteiger partial charge on any atom is 0.137 e. The number of piperidine rings is 1. The van der Waals surface area contributed by atoms with Gasteiger partial charge in [0, 0.05) is 23.8 Å². The maximum absolute atomic E-state index is 10.7. The first-order valence-electron chi connectivity index (χ1n) is 8.16. The number of ether oxygens (including phenoxy) is 1. The predicted molar refractivity (Wildman–Crippen MR) is 82.3 cm³/mol. The van der Waals surface area contributed by atoms with E-state index < -0.39 is 6.10 Å². The quantitative estimate of drug-likeness (QED) is 0.906. The van der Waals surface area contributed by atoms with Crippen molar-refractivity contribution >= 4 is 0 Å². The predicted octanol–water partition coefficient (Wildman–Crippen LogP) is 2.78. The number of aliphatic hydroxyl groups is 1. The first-order chi connectivity index (χ1) is 10.2. The van der Waals surface area contributed by atoms with Crippen molar-refractivity contribution in [3.05, 3.63) is 24.0 Å². The normalized spacial score (nSPS) is 30.3. The first-order valence-corrected chi connectivity index (χ1v) is 8.16. The Labute approximate surface area is 127 Å². The van der Waals surface area contributed by atoms with Crippen molar-refractivity contribution in [2.24, 2.45) is 5.92 Å². The molecule has 2 fully saturated rings. The molecule has 2 aliphatic rings. The van der Waals surface area contributed by atoms with Crippen LogP contribution in [0.15, 0.2) is 18.5 Å². The highest BCUT2D eigenvalue weighted by Gasteiger charge is 2.41. The monoisotopic (exact) mass is 290 g/mol. The van der Waals surface area contributed by atoms with E-state index in [1.807, 2.05) is 6.07 Å². The molecule has 2 saturated heterocycles. The number of hydrogen-bond acceptors (Lipinski definition) is 4. The Morgan fingerprint density at radius 2 is 2.05 bits per heavy atom. The Morgan fingerprint density at radius 3 is 2.71 bits per heavy atom. The molecule has 2 aliphatic heterocycles. The SMILES string of the molecule is CCCOc1cncc(C(O)C2CC3CCC(C2)N3C)c1.